The normalized spacial score (nSPS) is 11.3. The summed E-state index contributed by atoms with van der Waals surface area (Å²) >= 11 is 0. The highest BCUT2D eigenvalue weighted by Crippen LogP contribution is 2.34. The molecule has 1 N–H and O–H groups in total. The maximum absolute atomic E-state index is 12.7. The van der Waals surface area contributed by atoms with Gasteiger partial charge < -0.3 is 18.9 Å². The van der Waals surface area contributed by atoms with Gasteiger partial charge in [0.15, 0.2) is 0 Å². The number of ether oxygens (including phenoxy) is 1. The maximum Gasteiger partial charge on any atom is 0.340 e. The van der Waals surface area contributed by atoms with Gasteiger partial charge in [0.25, 0.3) is 0 Å². The van der Waals surface area contributed by atoms with Crippen molar-refractivity contribution in [1.29, 1.82) is 0 Å². The van der Waals surface area contributed by atoms with Crippen LogP contribution in [0.25, 0.3) is 21.9 Å². The average Bonchev–Trinajstić information content (AvgIpc) is 3.05. The first-order chi connectivity index (χ1) is 14.8. The first-order valence-corrected chi connectivity index (χ1v) is 10.2. The minimum Gasteiger partial charge on any atom is -0.497 e. The fourth-order valence-electron chi connectivity index (χ4n) is 3.90. The molecule has 4 rings (SSSR count). The molecule has 0 atom stereocenters. The Morgan fingerprint density at radius 2 is 1.68 bits per heavy atom. The lowest BCUT2D eigenvalue weighted by molar-refractivity contribution is -0.120. The number of hydrogen-bond acceptors (Lipinski definition) is 5. The summed E-state index contributed by atoms with van der Waals surface area (Å²) in [5.41, 5.74) is 4.63. The summed E-state index contributed by atoms with van der Waals surface area (Å²) < 4.78 is 16.7. The van der Waals surface area contributed by atoms with Crippen LogP contribution >= 0.6 is 0 Å². The molecule has 0 unspecified atom stereocenters. The molecule has 2 heterocycles. The maximum atomic E-state index is 12.7. The van der Waals surface area contributed by atoms with Crippen LogP contribution in [0.5, 0.6) is 5.75 Å². The molecule has 6 heteroatoms. The second-order valence-electron chi connectivity index (χ2n) is 7.84. The Hall–Kier alpha value is -3.54. The largest absolute Gasteiger partial charge is 0.497 e. The highest BCUT2D eigenvalue weighted by molar-refractivity contribution is 6.00. The Labute approximate surface area is 179 Å². The number of rotatable bonds is 5. The number of amides is 1. The van der Waals surface area contributed by atoms with Crippen molar-refractivity contribution in [1.82, 2.24) is 5.32 Å². The number of nitrogens with one attached hydrogen (secondary N) is 1. The number of hydrogen-bond donors (Lipinski definition) is 1. The van der Waals surface area contributed by atoms with Crippen LogP contribution in [0.15, 0.2) is 44.0 Å². The van der Waals surface area contributed by atoms with E-state index in [0.29, 0.717) is 17.7 Å². The van der Waals surface area contributed by atoms with E-state index in [9.17, 15) is 9.59 Å². The first kappa shape index (κ1) is 20.7. The molecule has 0 aliphatic rings. The minimum atomic E-state index is -0.496. The molecule has 1 amide bonds. The summed E-state index contributed by atoms with van der Waals surface area (Å²) in [6.45, 7) is 8.02. The summed E-state index contributed by atoms with van der Waals surface area (Å²) in [6.07, 6.45) is -0.0471. The zero-order valence-corrected chi connectivity index (χ0v) is 18.3. The van der Waals surface area contributed by atoms with Crippen molar-refractivity contribution in [3.63, 3.8) is 0 Å². The number of furan rings is 1. The molecular weight excluding hydrogens is 394 g/mol. The molecule has 6 nitrogen and oxygen atoms in total. The summed E-state index contributed by atoms with van der Waals surface area (Å²) in [4.78, 5) is 25.3. The van der Waals surface area contributed by atoms with Gasteiger partial charge in [-0.2, -0.15) is 0 Å². The monoisotopic (exact) mass is 419 g/mol. The van der Waals surface area contributed by atoms with Crippen LogP contribution in [0.2, 0.25) is 0 Å². The van der Waals surface area contributed by atoms with Gasteiger partial charge in [0.1, 0.15) is 22.7 Å². The number of fused-ring (bicyclic) bond motifs is 2. The molecule has 2 aromatic carbocycles. The van der Waals surface area contributed by atoms with Crippen LogP contribution < -0.4 is 15.7 Å². The van der Waals surface area contributed by atoms with Gasteiger partial charge in [0, 0.05) is 22.9 Å². The summed E-state index contributed by atoms with van der Waals surface area (Å²) in [6, 6.07) is 9.46. The number of carbonyl (C=O) groups is 1. The van der Waals surface area contributed by atoms with Gasteiger partial charge in [0.05, 0.1) is 19.1 Å². The lowest BCUT2D eigenvalue weighted by Crippen LogP contribution is -2.27. The van der Waals surface area contributed by atoms with Gasteiger partial charge >= 0.3 is 5.63 Å². The predicted molar refractivity (Wildman–Crippen MR) is 120 cm³/mol. The fourth-order valence-corrected chi connectivity index (χ4v) is 3.90. The SMILES string of the molecule is COc1cccc(CNC(=O)Cc2c(C)c3cc4c(C)c(C)oc4c(C)c3oc2=O)c1. The van der Waals surface area contributed by atoms with Gasteiger partial charge in [-0.05, 0) is 62.6 Å². The third-order valence-corrected chi connectivity index (χ3v) is 5.91. The molecule has 4 aromatic rings. The third kappa shape index (κ3) is 3.69. The Kier molecular flexibility index (Phi) is 5.31. The van der Waals surface area contributed by atoms with Gasteiger partial charge in [-0.1, -0.05) is 12.1 Å². The molecule has 31 heavy (non-hydrogen) atoms. The van der Waals surface area contributed by atoms with Crippen molar-refractivity contribution in [3.8, 4) is 5.75 Å². The standard InChI is InChI=1S/C25H25NO5/c1-13-16(4)30-23-15(3)24-20(10-19(13)23)14(2)21(25(28)31-24)11-22(27)26-12-17-7-6-8-18(9-17)29-5/h6-10H,11-12H2,1-5H3,(H,26,27). The Balaban J connectivity index is 1.65. The molecule has 0 saturated heterocycles. The number of carbonyl (C=O) groups excluding carboxylic acids is 1. The lowest BCUT2D eigenvalue weighted by atomic mass is 9.98. The van der Waals surface area contributed by atoms with Crippen LogP contribution in [-0.2, 0) is 17.8 Å². The van der Waals surface area contributed by atoms with E-state index in [1.165, 1.54) is 0 Å². The molecular formula is C25H25NO5. The predicted octanol–water partition coefficient (Wildman–Crippen LogP) is 4.64. The van der Waals surface area contributed by atoms with E-state index in [1.807, 2.05) is 58.0 Å². The van der Waals surface area contributed by atoms with E-state index in [4.69, 9.17) is 13.6 Å². The highest BCUT2D eigenvalue weighted by Gasteiger charge is 2.20. The second kappa shape index (κ2) is 7.95. The van der Waals surface area contributed by atoms with Crippen LogP contribution in [-0.4, -0.2) is 13.0 Å². The summed E-state index contributed by atoms with van der Waals surface area (Å²) in [7, 11) is 1.60. The van der Waals surface area contributed by atoms with Crippen molar-refractivity contribution in [2.24, 2.45) is 0 Å². The molecule has 160 valence electrons. The molecule has 0 spiro atoms. The fraction of sp³-hybridized carbons (Fsp3) is 0.280. The van der Waals surface area contributed by atoms with Crippen molar-refractivity contribution >= 4 is 27.8 Å². The Morgan fingerprint density at radius 3 is 2.42 bits per heavy atom. The summed E-state index contributed by atoms with van der Waals surface area (Å²) in [5.74, 6) is 1.32. The first-order valence-electron chi connectivity index (χ1n) is 10.2. The highest BCUT2D eigenvalue weighted by atomic mass is 16.5. The second-order valence-corrected chi connectivity index (χ2v) is 7.84. The zero-order valence-electron chi connectivity index (χ0n) is 18.3. The molecule has 0 aliphatic carbocycles. The number of methoxy groups -OCH3 is 1. The van der Waals surface area contributed by atoms with E-state index >= 15 is 0 Å². The number of benzene rings is 2. The molecule has 0 saturated carbocycles. The Bertz CT molecular complexity index is 1380. The minimum absolute atomic E-state index is 0.0471. The number of aryl methyl sites for hydroxylation is 4. The van der Waals surface area contributed by atoms with Gasteiger partial charge in [-0.25, -0.2) is 4.79 Å². The van der Waals surface area contributed by atoms with Crippen LogP contribution in [0.1, 0.15) is 33.6 Å². The van der Waals surface area contributed by atoms with Crippen LogP contribution in [0.3, 0.4) is 0 Å². The van der Waals surface area contributed by atoms with E-state index in [2.05, 4.69) is 5.32 Å². The van der Waals surface area contributed by atoms with E-state index in [1.54, 1.807) is 7.11 Å². The topological polar surface area (TPSA) is 81.7 Å². The van der Waals surface area contributed by atoms with Gasteiger partial charge in [-0.15, -0.1) is 0 Å². The van der Waals surface area contributed by atoms with Gasteiger partial charge in [0.2, 0.25) is 5.91 Å². The lowest BCUT2D eigenvalue weighted by Gasteiger charge is -2.11. The smallest absolute Gasteiger partial charge is 0.340 e. The van der Waals surface area contributed by atoms with E-state index in [-0.39, 0.29) is 12.3 Å². The molecule has 0 radical (unpaired) electrons. The van der Waals surface area contributed by atoms with Gasteiger partial charge in [-0.3, -0.25) is 4.79 Å². The van der Waals surface area contributed by atoms with Crippen molar-refractivity contribution < 1.29 is 18.4 Å². The molecule has 0 aliphatic heterocycles. The van der Waals surface area contributed by atoms with Crippen LogP contribution in [0.4, 0.5) is 0 Å². The zero-order chi connectivity index (χ0) is 22.3. The van der Waals surface area contributed by atoms with Crippen molar-refractivity contribution in [2.45, 2.75) is 40.7 Å². The molecule has 2 aromatic heterocycles. The molecule has 0 bridgehead atoms. The quantitative estimate of drug-likeness (QED) is 0.477. The van der Waals surface area contributed by atoms with E-state index in [0.717, 1.165) is 50.1 Å². The summed E-state index contributed by atoms with van der Waals surface area (Å²) in [5, 5.41) is 4.68. The third-order valence-electron chi connectivity index (χ3n) is 5.91. The van der Waals surface area contributed by atoms with Crippen LogP contribution in [0, 0.1) is 27.7 Å². The van der Waals surface area contributed by atoms with Crippen molar-refractivity contribution in [3.05, 3.63) is 74.3 Å². The Morgan fingerprint density at radius 1 is 0.968 bits per heavy atom. The average molecular weight is 419 g/mol. The van der Waals surface area contributed by atoms with E-state index < -0.39 is 5.63 Å². The van der Waals surface area contributed by atoms with Crippen molar-refractivity contribution in [2.75, 3.05) is 7.11 Å². The molecule has 0 fully saturated rings.